The van der Waals surface area contributed by atoms with Gasteiger partial charge in [0.1, 0.15) is 5.82 Å². The molecule has 1 rings (SSSR count). The van der Waals surface area contributed by atoms with Gasteiger partial charge in [0, 0.05) is 18.3 Å². The number of hydrogen-bond acceptors (Lipinski definition) is 3. The van der Waals surface area contributed by atoms with Crippen LogP contribution in [-0.2, 0) is 4.74 Å². The van der Waals surface area contributed by atoms with E-state index in [-0.39, 0.29) is 5.92 Å². The van der Waals surface area contributed by atoms with Crippen molar-refractivity contribution in [2.24, 2.45) is 0 Å². The molecule has 0 saturated heterocycles. The number of ether oxygens (including phenoxy) is 1. The van der Waals surface area contributed by atoms with E-state index in [2.05, 4.69) is 17.1 Å². The molecule has 0 aliphatic heterocycles. The molecular weight excluding hydrogens is 140 g/mol. The molecule has 0 aliphatic rings. The van der Waals surface area contributed by atoms with Gasteiger partial charge in [-0.25, -0.2) is 9.97 Å². The Labute approximate surface area is 66.4 Å². The second-order valence-electron chi connectivity index (χ2n) is 2.38. The van der Waals surface area contributed by atoms with E-state index < -0.39 is 0 Å². The molecule has 0 saturated carbocycles. The molecule has 3 nitrogen and oxygen atoms in total. The van der Waals surface area contributed by atoms with Crippen LogP contribution in [0, 0.1) is 7.11 Å². The van der Waals surface area contributed by atoms with E-state index in [9.17, 15) is 0 Å². The molecular formula is C8H11N2O. The third kappa shape index (κ3) is 2.27. The number of hydrogen-bond donors (Lipinski definition) is 0. The lowest BCUT2D eigenvalue weighted by molar-refractivity contribution is 0.222. The summed E-state index contributed by atoms with van der Waals surface area (Å²) in [6, 6.07) is 1.79. The minimum absolute atomic E-state index is 0.216. The molecule has 0 amide bonds. The van der Waals surface area contributed by atoms with E-state index in [1.54, 1.807) is 18.5 Å². The molecule has 1 aromatic heterocycles. The highest BCUT2D eigenvalue weighted by molar-refractivity contribution is 4.94. The second kappa shape index (κ2) is 4.03. The van der Waals surface area contributed by atoms with E-state index in [0.717, 1.165) is 5.82 Å². The molecule has 1 unspecified atom stereocenters. The van der Waals surface area contributed by atoms with Gasteiger partial charge in [-0.2, -0.15) is 0 Å². The molecule has 1 heterocycles. The highest BCUT2D eigenvalue weighted by atomic mass is 16.5. The van der Waals surface area contributed by atoms with E-state index in [0.29, 0.717) is 6.61 Å². The highest BCUT2D eigenvalue weighted by Crippen LogP contribution is 2.07. The maximum Gasteiger partial charge on any atom is 0.133 e. The predicted octanol–water partition coefficient (Wildman–Crippen LogP) is 1.39. The summed E-state index contributed by atoms with van der Waals surface area (Å²) in [6.45, 7) is 2.56. The minimum atomic E-state index is 0.216. The van der Waals surface area contributed by atoms with Crippen LogP contribution in [0.5, 0.6) is 0 Å². The normalized spacial score (nSPS) is 12.9. The fourth-order valence-corrected chi connectivity index (χ4v) is 0.816. The van der Waals surface area contributed by atoms with Crippen LogP contribution in [0.3, 0.4) is 0 Å². The first-order valence-electron chi connectivity index (χ1n) is 3.48. The number of nitrogens with zero attached hydrogens (tertiary/aromatic N) is 2. The van der Waals surface area contributed by atoms with Crippen molar-refractivity contribution in [3.8, 4) is 0 Å². The van der Waals surface area contributed by atoms with Gasteiger partial charge in [-0.05, 0) is 6.07 Å². The van der Waals surface area contributed by atoms with Crippen molar-refractivity contribution in [3.05, 3.63) is 31.4 Å². The fourth-order valence-electron chi connectivity index (χ4n) is 0.816. The van der Waals surface area contributed by atoms with Crippen LogP contribution in [-0.4, -0.2) is 16.6 Å². The van der Waals surface area contributed by atoms with E-state index in [1.807, 2.05) is 6.92 Å². The van der Waals surface area contributed by atoms with Crippen LogP contribution < -0.4 is 0 Å². The molecule has 0 bridgehead atoms. The summed E-state index contributed by atoms with van der Waals surface area (Å²) >= 11 is 0. The van der Waals surface area contributed by atoms with Gasteiger partial charge in [-0.15, -0.1) is 0 Å². The van der Waals surface area contributed by atoms with Gasteiger partial charge in [0.05, 0.1) is 13.7 Å². The van der Waals surface area contributed by atoms with Crippen molar-refractivity contribution in [1.29, 1.82) is 0 Å². The van der Waals surface area contributed by atoms with Crippen LogP contribution in [0.15, 0.2) is 18.5 Å². The second-order valence-corrected chi connectivity index (χ2v) is 2.38. The molecule has 0 N–H and O–H groups in total. The third-order valence-corrected chi connectivity index (χ3v) is 1.39. The smallest absolute Gasteiger partial charge is 0.133 e. The Morgan fingerprint density at radius 3 is 2.73 bits per heavy atom. The Morgan fingerprint density at radius 2 is 2.18 bits per heavy atom. The summed E-state index contributed by atoms with van der Waals surface area (Å²) in [5, 5.41) is 0. The summed E-state index contributed by atoms with van der Waals surface area (Å²) in [4.78, 5) is 8.16. The number of aromatic nitrogens is 2. The van der Waals surface area contributed by atoms with Gasteiger partial charge in [-0.3, -0.25) is 0 Å². The lowest BCUT2D eigenvalue weighted by atomic mass is 10.2. The first kappa shape index (κ1) is 8.14. The van der Waals surface area contributed by atoms with Gasteiger partial charge >= 0.3 is 0 Å². The van der Waals surface area contributed by atoms with Crippen molar-refractivity contribution in [2.75, 3.05) is 6.61 Å². The van der Waals surface area contributed by atoms with Crippen molar-refractivity contribution in [1.82, 2.24) is 9.97 Å². The zero-order valence-corrected chi connectivity index (χ0v) is 6.53. The largest absolute Gasteiger partial charge is 0.378 e. The molecule has 0 fully saturated rings. The monoisotopic (exact) mass is 151 g/mol. The average Bonchev–Trinajstić information content (AvgIpc) is 2.07. The van der Waals surface area contributed by atoms with Crippen LogP contribution in [0.1, 0.15) is 18.7 Å². The first-order valence-corrected chi connectivity index (χ1v) is 3.48. The van der Waals surface area contributed by atoms with Crippen LogP contribution in [0.25, 0.3) is 0 Å². The van der Waals surface area contributed by atoms with Crippen LogP contribution in [0.4, 0.5) is 0 Å². The fraction of sp³-hybridized carbons (Fsp3) is 0.375. The lowest BCUT2D eigenvalue weighted by Crippen LogP contribution is -2.05. The van der Waals surface area contributed by atoms with Gasteiger partial charge in [-0.1, -0.05) is 6.92 Å². The Kier molecular flexibility index (Phi) is 2.98. The molecule has 1 radical (unpaired) electrons. The molecule has 1 atom stereocenters. The topological polar surface area (TPSA) is 35.0 Å². The van der Waals surface area contributed by atoms with Gasteiger partial charge in [0.15, 0.2) is 0 Å². The summed E-state index contributed by atoms with van der Waals surface area (Å²) in [5.74, 6) is 1.02. The summed E-state index contributed by atoms with van der Waals surface area (Å²) in [7, 11) is 3.30. The van der Waals surface area contributed by atoms with E-state index in [1.165, 1.54) is 0 Å². The SMILES string of the molecule is [CH2]OCC(C)c1ncccn1. The molecule has 0 aromatic carbocycles. The quantitative estimate of drug-likeness (QED) is 0.654. The lowest BCUT2D eigenvalue weighted by Gasteiger charge is -2.06. The van der Waals surface area contributed by atoms with E-state index in [4.69, 9.17) is 4.74 Å². The standard InChI is InChI=1S/C8H11N2O/c1-7(6-11-2)8-9-4-3-5-10-8/h3-5,7H,2,6H2,1H3. The van der Waals surface area contributed by atoms with Crippen LogP contribution in [0.2, 0.25) is 0 Å². The van der Waals surface area contributed by atoms with Crippen molar-refractivity contribution >= 4 is 0 Å². The Bertz CT molecular complexity index is 201. The molecule has 0 aliphatic carbocycles. The highest BCUT2D eigenvalue weighted by Gasteiger charge is 2.05. The van der Waals surface area contributed by atoms with Crippen molar-refractivity contribution in [2.45, 2.75) is 12.8 Å². The minimum Gasteiger partial charge on any atom is -0.378 e. The first-order chi connectivity index (χ1) is 5.34. The van der Waals surface area contributed by atoms with Gasteiger partial charge < -0.3 is 4.74 Å². The molecule has 3 heteroatoms. The third-order valence-electron chi connectivity index (χ3n) is 1.39. The molecule has 0 spiro atoms. The average molecular weight is 151 g/mol. The molecule has 11 heavy (non-hydrogen) atoms. The number of rotatable bonds is 3. The van der Waals surface area contributed by atoms with Crippen molar-refractivity contribution < 1.29 is 4.74 Å². The Hall–Kier alpha value is -0.960. The molecule has 59 valence electrons. The maximum atomic E-state index is 4.73. The van der Waals surface area contributed by atoms with Crippen molar-refractivity contribution in [3.63, 3.8) is 0 Å². The Balaban J connectivity index is 2.61. The van der Waals surface area contributed by atoms with Gasteiger partial charge in [0.2, 0.25) is 0 Å². The zero-order chi connectivity index (χ0) is 8.10. The molecule has 1 aromatic rings. The van der Waals surface area contributed by atoms with Crippen LogP contribution >= 0.6 is 0 Å². The summed E-state index contributed by atoms with van der Waals surface area (Å²) in [5.41, 5.74) is 0. The van der Waals surface area contributed by atoms with Gasteiger partial charge in [0.25, 0.3) is 0 Å². The zero-order valence-electron chi connectivity index (χ0n) is 6.53. The summed E-state index contributed by atoms with van der Waals surface area (Å²) < 4.78 is 4.73. The predicted molar refractivity (Wildman–Crippen MR) is 41.8 cm³/mol. The van der Waals surface area contributed by atoms with E-state index >= 15 is 0 Å². The summed E-state index contributed by atoms with van der Waals surface area (Å²) in [6.07, 6.45) is 3.45. The maximum absolute atomic E-state index is 4.73. The Morgan fingerprint density at radius 1 is 1.55 bits per heavy atom.